The van der Waals surface area contributed by atoms with E-state index in [0.717, 1.165) is 11.3 Å². The van der Waals surface area contributed by atoms with Crippen LogP contribution in [0.5, 0.6) is 0 Å². The number of amides is 1. The molecule has 0 fully saturated rings. The molecule has 2 aromatic carbocycles. The van der Waals surface area contributed by atoms with Gasteiger partial charge in [0.15, 0.2) is 0 Å². The molecule has 4 aromatic rings. The largest absolute Gasteiger partial charge is 0.458 e. The van der Waals surface area contributed by atoms with Crippen LogP contribution in [0.2, 0.25) is 0 Å². The predicted molar refractivity (Wildman–Crippen MR) is 129 cm³/mol. The molecular formula is C26H22FN3O5. The zero-order chi connectivity index (χ0) is 25.1. The van der Waals surface area contributed by atoms with Gasteiger partial charge in [-0.05, 0) is 56.3 Å². The molecule has 1 amide bonds. The van der Waals surface area contributed by atoms with Gasteiger partial charge >= 0.3 is 11.6 Å². The normalized spacial score (nSPS) is 11.2. The highest BCUT2D eigenvalue weighted by molar-refractivity contribution is 5.92. The molecule has 0 aliphatic carbocycles. The topological polar surface area (TPSA) is 103 Å². The minimum absolute atomic E-state index is 0.141. The molecule has 2 heterocycles. The van der Waals surface area contributed by atoms with E-state index in [-0.39, 0.29) is 23.9 Å². The fourth-order valence-electron chi connectivity index (χ4n) is 3.71. The Morgan fingerprint density at radius 3 is 2.60 bits per heavy atom. The number of nitrogens with zero attached hydrogens (tertiary/aromatic N) is 2. The molecule has 178 valence electrons. The van der Waals surface area contributed by atoms with Crippen LogP contribution in [0.3, 0.4) is 0 Å². The van der Waals surface area contributed by atoms with Crippen LogP contribution < -0.4 is 10.9 Å². The summed E-state index contributed by atoms with van der Waals surface area (Å²) in [6.45, 7) is 4.89. The predicted octanol–water partition coefficient (Wildman–Crippen LogP) is 4.45. The van der Waals surface area contributed by atoms with Gasteiger partial charge in [-0.3, -0.25) is 4.79 Å². The number of carbonyl (C=O) groups is 2. The highest BCUT2D eigenvalue weighted by Crippen LogP contribution is 2.23. The summed E-state index contributed by atoms with van der Waals surface area (Å²) in [6.07, 6.45) is 2.89. The molecule has 1 N–H and O–H groups in total. The number of hydrogen-bond acceptors (Lipinski definition) is 6. The molecule has 0 bridgehead atoms. The second kappa shape index (κ2) is 9.76. The summed E-state index contributed by atoms with van der Waals surface area (Å²) in [6, 6.07) is 12.1. The molecular weight excluding hydrogens is 453 g/mol. The van der Waals surface area contributed by atoms with E-state index in [1.54, 1.807) is 35.0 Å². The Kier molecular flexibility index (Phi) is 6.59. The first-order valence-corrected chi connectivity index (χ1v) is 10.7. The fourth-order valence-corrected chi connectivity index (χ4v) is 3.71. The van der Waals surface area contributed by atoms with Crippen molar-refractivity contribution in [1.29, 1.82) is 0 Å². The zero-order valence-electron chi connectivity index (χ0n) is 19.3. The van der Waals surface area contributed by atoms with Crippen molar-refractivity contribution in [3.63, 3.8) is 0 Å². The monoisotopic (exact) mass is 475 g/mol. The maximum absolute atomic E-state index is 13.2. The van der Waals surface area contributed by atoms with Gasteiger partial charge in [0.05, 0.1) is 11.4 Å². The van der Waals surface area contributed by atoms with Gasteiger partial charge in [-0.2, -0.15) is 5.10 Å². The maximum Gasteiger partial charge on any atom is 0.336 e. The van der Waals surface area contributed by atoms with Gasteiger partial charge in [0.25, 0.3) is 0 Å². The first kappa shape index (κ1) is 23.6. The summed E-state index contributed by atoms with van der Waals surface area (Å²) >= 11 is 0. The van der Waals surface area contributed by atoms with Crippen LogP contribution in [0.4, 0.5) is 10.1 Å². The summed E-state index contributed by atoms with van der Waals surface area (Å²) in [4.78, 5) is 35.6. The number of hydrogen-bond donors (Lipinski definition) is 1. The fraction of sp³-hybridized carbons (Fsp3) is 0.154. The van der Waals surface area contributed by atoms with Crippen molar-refractivity contribution in [2.45, 2.75) is 27.4 Å². The highest BCUT2D eigenvalue weighted by Gasteiger charge is 2.12. The number of anilines is 1. The summed E-state index contributed by atoms with van der Waals surface area (Å²) in [5.41, 5.74) is 3.54. The lowest BCUT2D eigenvalue weighted by atomic mass is 10.1. The third-order valence-corrected chi connectivity index (χ3v) is 5.33. The molecule has 8 nitrogen and oxygen atoms in total. The number of rotatable bonds is 6. The first-order chi connectivity index (χ1) is 16.7. The summed E-state index contributed by atoms with van der Waals surface area (Å²) < 4.78 is 25.5. The van der Waals surface area contributed by atoms with E-state index in [1.807, 2.05) is 13.8 Å². The molecule has 0 saturated carbocycles. The van der Waals surface area contributed by atoms with Crippen molar-refractivity contribution in [2.24, 2.45) is 0 Å². The van der Waals surface area contributed by atoms with E-state index >= 15 is 0 Å². The standard InChI is InChI=1S/C26H22FN3O5/c1-15-22(16(2)30(29-15)21-7-4-19(27)5-8-21)10-11-25(32)34-14-18-12-26(33)35-24-13-20(28-17(3)31)6-9-23(18)24/h4-13H,14H2,1-3H3,(H,28,31)/b11-10+. The molecule has 4 rings (SSSR count). The van der Waals surface area contributed by atoms with Gasteiger partial charge in [0.1, 0.15) is 18.0 Å². The van der Waals surface area contributed by atoms with E-state index in [2.05, 4.69) is 10.4 Å². The molecule has 0 radical (unpaired) electrons. The van der Waals surface area contributed by atoms with E-state index in [0.29, 0.717) is 28.0 Å². The summed E-state index contributed by atoms with van der Waals surface area (Å²) in [7, 11) is 0. The van der Waals surface area contributed by atoms with Crippen LogP contribution in [-0.2, 0) is 20.9 Å². The second-order valence-electron chi connectivity index (χ2n) is 7.90. The lowest BCUT2D eigenvalue weighted by molar-refractivity contribution is -0.138. The van der Waals surface area contributed by atoms with Gasteiger partial charge in [0.2, 0.25) is 5.91 Å². The number of fused-ring (bicyclic) bond motifs is 1. The Bertz CT molecular complexity index is 1520. The molecule has 0 aliphatic heterocycles. The Labute approximate surface area is 199 Å². The van der Waals surface area contributed by atoms with Crippen molar-refractivity contribution in [1.82, 2.24) is 9.78 Å². The van der Waals surface area contributed by atoms with Crippen LogP contribution >= 0.6 is 0 Å². The zero-order valence-corrected chi connectivity index (χ0v) is 19.3. The highest BCUT2D eigenvalue weighted by atomic mass is 19.1. The molecule has 9 heteroatoms. The quantitative estimate of drug-likeness (QED) is 0.251. The SMILES string of the molecule is CC(=O)Nc1ccc2c(COC(=O)/C=C/c3c(C)nn(-c4ccc(F)cc4)c3C)cc(=O)oc2c1. The van der Waals surface area contributed by atoms with Crippen molar-refractivity contribution in [3.8, 4) is 5.69 Å². The van der Waals surface area contributed by atoms with Crippen LogP contribution in [0.1, 0.15) is 29.4 Å². The average Bonchev–Trinajstić information content (AvgIpc) is 3.09. The molecule has 35 heavy (non-hydrogen) atoms. The molecule has 0 aliphatic rings. The lowest BCUT2D eigenvalue weighted by Crippen LogP contribution is -2.07. The van der Waals surface area contributed by atoms with Crippen molar-refractivity contribution in [2.75, 3.05) is 5.32 Å². The van der Waals surface area contributed by atoms with Crippen molar-refractivity contribution < 1.29 is 23.1 Å². The number of carbonyl (C=O) groups excluding carboxylic acids is 2. The number of benzene rings is 2. The third-order valence-electron chi connectivity index (χ3n) is 5.33. The van der Waals surface area contributed by atoms with Crippen LogP contribution in [-0.4, -0.2) is 21.7 Å². The van der Waals surface area contributed by atoms with Crippen molar-refractivity contribution in [3.05, 3.63) is 93.4 Å². The number of nitrogens with one attached hydrogen (secondary N) is 1. The summed E-state index contributed by atoms with van der Waals surface area (Å²) in [5.74, 6) is -1.19. The Hall–Kier alpha value is -4.53. The molecule has 0 spiro atoms. The second-order valence-corrected chi connectivity index (χ2v) is 7.90. The minimum Gasteiger partial charge on any atom is -0.458 e. The molecule has 0 unspecified atom stereocenters. The first-order valence-electron chi connectivity index (χ1n) is 10.7. The molecule has 2 aromatic heterocycles. The minimum atomic E-state index is -0.602. The lowest BCUT2D eigenvalue weighted by Gasteiger charge is -2.08. The molecule has 0 saturated heterocycles. The number of ether oxygens (including phenoxy) is 1. The van der Waals surface area contributed by atoms with Gasteiger partial charge in [-0.15, -0.1) is 0 Å². The Morgan fingerprint density at radius 1 is 1.14 bits per heavy atom. The van der Waals surface area contributed by atoms with Crippen LogP contribution in [0.25, 0.3) is 22.7 Å². The molecule has 0 atom stereocenters. The third kappa shape index (κ3) is 5.35. The van der Waals surface area contributed by atoms with Gasteiger partial charge in [0, 0.05) is 53.0 Å². The Balaban J connectivity index is 1.50. The van der Waals surface area contributed by atoms with E-state index in [4.69, 9.17) is 9.15 Å². The number of aryl methyl sites for hydroxylation is 1. The van der Waals surface area contributed by atoms with Gasteiger partial charge < -0.3 is 14.5 Å². The smallest absolute Gasteiger partial charge is 0.336 e. The van der Waals surface area contributed by atoms with Crippen molar-refractivity contribution >= 4 is 34.6 Å². The van der Waals surface area contributed by atoms with Crippen LogP contribution in [0, 0.1) is 19.7 Å². The van der Waals surface area contributed by atoms with E-state index in [1.165, 1.54) is 37.3 Å². The maximum atomic E-state index is 13.2. The van der Waals surface area contributed by atoms with Gasteiger partial charge in [-0.25, -0.2) is 18.7 Å². The Morgan fingerprint density at radius 2 is 1.89 bits per heavy atom. The van der Waals surface area contributed by atoms with Gasteiger partial charge in [-0.1, -0.05) is 0 Å². The number of esters is 1. The van der Waals surface area contributed by atoms with Crippen LogP contribution in [0.15, 0.2) is 63.8 Å². The van der Waals surface area contributed by atoms with E-state index in [9.17, 15) is 18.8 Å². The van der Waals surface area contributed by atoms with E-state index < -0.39 is 11.6 Å². The average molecular weight is 475 g/mol. The number of aromatic nitrogens is 2. The number of halogens is 1. The summed E-state index contributed by atoms with van der Waals surface area (Å²) in [5, 5.41) is 7.68.